The molecule has 2 heteroatoms. The topological polar surface area (TPSA) is 21.3 Å². The summed E-state index contributed by atoms with van der Waals surface area (Å²) >= 11 is 0. The molecule has 1 aromatic rings. The van der Waals surface area contributed by atoms with Crippen molar-refractivity contribution in [3.05, 3.63) is 41.5 Å². The number of ether oxygens (including phenoxy) is 1. The zero-order valence-electron chi connectivity index (χ0n) is 11.1. The molecule has 0 aliphatic carbocycles. The molecule has 0 atom stereocenters. The molecule has 0 fully saturated rings. The Morgan fingerprint density at radius 3 is 2.76 bits per heavy atom. The molecule has 0 bridgehead atoms. The van der Waals surface area contributed by atoms with Gasteiger partial charge < -0.3 is 10.1 Å². The first-order valence-electron chi connectivity index (χ1n) is 6.18. The molecule has 0 aromatic heterocycles. The Hall–Kier alpha value is -1.12. The summed E-state index contributed by atoms with van der Waals surface area (Å²) in [5.74, 6) is 0. The third kappa shape index (κ3) is 5.16. The van der Waals surface area contributed by atoms with Crippen molar-refractivity contribution >= 4 is 5.57 Å². The van der Waals surface area contributed by atoms with Gasteiger partial charge in [0.2, 0.25) is 0 Å². The van der Waals surface area contributed by atoms with Crippen LogP contribution in [0, 0.1) is 6.92 Å². The second-order valence-electron chi connectivity index (χ2n) is 4.23. The first-order chi connectivity index (χ1) is 8.25. The Kier molecular flexibility index (Phi) is 6.60. The molecule has 1 rings (SSSR count). The highest BCUT2D eigenvalue weighted by molar-refractivity contribution is 5.66. The lowest BCUT2D eigenvalue weighted by atomic mass is 10.0. The zero-order valence-corrected chi connectivity index (χ0v) is 11.1. The van der Waals surface area contributed by atoms with E-state index in [0.29, 0.717) is 0 Å². The fourth-order valence-corrected chi connectivity index (χ4v) is 1.82. The van der Waals surface area contributed by atoms with E-state index in [9.17, 15) is 0 Å². The Morgan fingerprint density at radius 2 is 2.06 bits per heavy atom. The van der Waals surface area contributed by atoms with E-state index in [1.165, 1.54) is 16.7 Å². The number of allylic oxidation sites excluding steroid dienone is 1. The quantitative estimate of drug-likeness (QED) is 0.731. The van der Waals surface area contributed by atoms with Gasteiger partial charge in [-0.25, -0.2) is 0 Å². The van der Waals surface area contributed by atoms with E-state index in [1.807, 2.05) is 0 Å². The van der Waals surface area contributed by atoms with Crippen LogP contribution in [0.5, 0.6) is 0 Å². The molecule has 1 N–H and O–H groups in total. The molecule has 17 heavy (non-hydrogen) atoms. The minimum atomic E-state index is 0.778. The van der Waals surface area contributed by atoms with Gasteiger partial charge in [0, 0.05) is 13.7 Å². The fourth-order valence-electron chi connectivity index (χ4n) is 1.82. The molecule has 1 aromatic carbocycles. The maximum Gasteiger partial charge on any atom is 0.0587 e. The number of hydrogen-bond acceptors (Lipinski definition) is 2. The van der Waals surface area contributed by atoms with E-state index in [0.717, 1.165) is 26.1 Å². The third-order valence-corrected chi connectivity index (χ3v) is 2.82. The SMILES string of the molecule is COCCNCCC=C(C)c1ccccc1C. The summed E-state index contributed by atoms with van der Waals surface area (Å²) in [4.78, 5) is 0. The first-order valence-corrected chi connectivity index (χ1v) is 6.18. The van der Waals surface area contributed by atoms with Gasteiger partial charge in [0.1, 0.15) is 0 Å². The lowest BCUT2D eigenvalue weighted by Crippen LogP contribution is -2.19. The minimum absolute atomic E-state index is 0.778. The number of nitrogens with one attached hydrogen (secondary N) is 1. The molecule has 0 aliphatic heterocycles. The van der Waals surface area contributed by atoms with Crippen molar-refractivity contribution < 1.29 is 4.74 Å². The summed E-state index contributed by atoms with van der Waals surface area (Å²) < 4.78 is 4.98. The lowest BCUT2D eigenvalue weighted by Gasteiger charge is -2.06. The maximum absolute atomic E-state index is 4.98. The van der Waals surface area contributed by atoms with Crippen molar-refractivity contribution in [3.8, 4) is 0 Å². The number of rotatable bonds is 7. The van der Waals surface area contributed by atoms with Crippen LogP contribution in [0.15, 0.2) is 30.3 Å². The summed E-state index contributed by atoms with van der Waals surface area (Å²) in [6, 6.07) is 8.51. The summed E-state index contributed by atoms with van der Waals surface area (Å²) in [5.41, 5.74) is 4.05. The van der Waals surface area contributed by atoms with Crippen molar-refractivity contribution in [1.29, 1.82) is 0 Å². The molecule has 0 radical (unpaired) electrons. The zero-order chi connectivity index (χ0) is 12.5. The van der Waals surface area contributed by atoms with Gasteiger partial charge in [0.15, 0.2) is 0 Å². The van der Waals surface area contributed by atoms with Gasteiger partial charge in [-0.2, -0.15) is 0 Å². The molecular weight excluding hydrogens is 210 g/mol. The van der Waals surface area contributed by atoms with Crippen molar-refractivity contribution in [3.63, 3.8) is 0 Å². The van der Waals surface area contributed by atoms with Crippen LogP contribution < -0.4 is 5.32 Å². The van der Waals surface area contributed by atoms with Gasteiger partial charge in [-0.1, -0.05) is 30.3 Å². The van der Waals surface area contributed by atoms with Gasteiger partial charge in [-0.3, -0.25) is 0 Å². The van der Waals surface area contributed by atoms with Crippen LogP contribution >= 0.6 is 0 Å². The molecule has 0 saturated carbocycles. The highest BCUT2D eigenvalue weighted by Gasteiger charge is 1.98. The van der Waals surface area contributed by atoms with Gasteiger partial charge in [-0.15, -0.1) is 0 Å². The fraction of sp³-hybridized carbons (Fsp3) is 0.467. The van der Waals surface area contributed by atoms with Crippen molar-refractivity contribution in [2.75, 3.05) is 26.8 Å². The third-order valence-electron chi connectivity index (χ3n) is 2.82. The van der Waals surface area contributed by atoms with Crippen molar-refractivity contribution in [2.24, 2.45) is 0 Å². The van der Waals surface area contributed by atoms with Crippen LogP contribution in [0.4, 0.5) is 0 Å². The van der Waals surface area contributed by atoms with Crippen LogP contribution in [0.25, 0.3) is 5.57 Å². The molecule has 0 unspecified atom stereocenters. The highest BCUT2D eigenvalue weighted by atomic mass is 16.5. The highest BCUT2D eigenvalue weighted by Crippen LogP contribution is 2.17. The van der Waals surface area contributed by atoms with Gasteiger partial charge >= 0.3 is 0 Å². The number of aryl methyl sites for hydroxylation is 1. The summed E-state index contributed by atoms with van der Waals surface area (Å²) in [6.45, 7) is 7.04. The smallest absolute Gasteiger partial charge is 0.0587 e. The van der Waals surface area contributed by atoms with E-state index in [-0.39, 0.29) is 0 Å². The van der Waals surface area contributed by atoms with Crippen LogP contribution in [-0.4, -0.2) is 26.8 Å². The lowest BCUT2D eigenvalue weighted by molar-refractivity contribution is 0.199. The predicted octanol–water partition coefficient (Wildman–Crippen LogP) is 3.02. The molecule has 0 saturated heterocycles. The second kappa shape index (κ2) is 8.04. The Labute approximate surface area is 105 Å². The number of benzene rings is 1. The molecular formula is C15H23NO. The van der Waals surface area contributed by atoms with Gasteiger partial charge in [0.25, 0.3) is 0 Å². The Bertz CT molecular complexity index is 358. The Morgan fingerprint density at radius 1 is 1.29 bits per heavy atom. The molecule has 0 amide bonds. The molecule has 0 spiro atoms. The van der Waals surface area contributed by atoms with E-state index in [2.05, 4.69) is 49.5 Å². The van der Waals surface area contributed by atoms with Crippen LogP contribution in [0.2, 0.25) is 0 Å². The standard InChI is InChI=1S/C15H23NO/c1-13-7-4-5-9-15(13)14(2)8-6-10-16-11-12-17-3/h4-5,7-9,16H,6,10-12H2,1-3H3. The van der Waals surface area contributed by atoms with E-state index in [1.54, 1.807) is 7.11 Å². The largest absolute Gasteiger partial charge is 0.383 e. The number of hydrogen-bond donors (Lipinski definition) is 1. The average Bonchev–Trinajstić information content (AvgIpc) is 2.34. The van der Waals surface area contributed by atoms with E-state index < -0.39 is 0 Å². The molecule has 94 valence electrons. The first kappa shape index (κ1) is 13.9. The van der Waals surface area contributed by atoms with Crippen LogP contribution in [0.1, 0.15) is 24.5 Å². The predicted molar refractivity (Wildman–Crippen MR) is 74.2 cm³/mol. The van der Waals surface area contributed by atoms with Gasteiger partial charge in [0.05, 0.1) is 6.61 Å². The minimum Gasteiger partial charge on any atom is -0.383 e. The second-order valence-corrected chi connectivity index (χ2v) is 4.23. The maximum atomic E-state index is 4.98. The van der Waals surface area contributed by atoms with Gasteiger partial charge in [-0.05, 0) is 43.5 Å². The Balaban J connectivity index is 2.37. The van der Waals surface area contributed by atoms with Crippen LogP contribution in [-0.2, 0) is 4.74 Å². The number of methoxy groups -OCH3 is 1. The summed E-state index contributed by atoms with van der Waals surface area (Å²) in [5, 5.41) is 3.34. The summed E-state index contributed by atoms with van der Waals surface area (Å²) in [7, 11) is 1.73. The van der Waals surface area contributed by atoms with Crippen molar-refractivity contribution in [1.82, 2.24) is 5.32 Å². The van der Waals surface area contributed by atoms with Crippen molar-refractivity contribution in [2.45, 2.75) is 20.3 Å². The van der Waals surface area contributed by atoms with Crippen LogP contribution in [0.3, 0.4) is 0 Å². The molecule has 0 heterocycles. The van der Waals surface area contributed by atoms with E-state index >= 15 is 0 Å². The van der Waals surface area contributed by atoms with E-state index in [4.69, 9.17) is 4.74 Å². The molecule has 2 nitrogen and oxygen atoms in total. The molecule has 0 aliphatic rings. The average molecular weight is 233 g/mol. The summed E-state index contributed by atoms with van der Waals surface area (Å²) in [6.07, 6.45) is 3.35. The monoisotopic (exact) mass is 233 g/mol. The normalized spacial score (nSPS) is 11.8.